The Morgan fingerprint density at radius 1 is 1.53 bits per heavy atom. The molecule has 1 atom stereocenters. The lowest BCUT2D eigenvalue weighted by atomic mass is 10.1. The fourth-order valence-corrected chi connectivity index (χ4v) is 2.26. The number of aliphatic carboxylic acids is 1. The fourth-order valence-electron chi connectivity index (χ4n) is 2.26. The summed E-state index contributed by atoms with van der Waals surface area (Å²) in [7, 11) is 0. The molecular weight excluding hydrogens is 246 g/mol. The number of carbonyl (C=O) groups is 2. The van der Waals surface area contributed by atoms with E-state index in [0.717, 1.165) is 25.8 Å². The van der Waals surface area contributed by atoms with Crippen molar-refractivity contribution >= 4 is 17.6 Å². The average molecular weight is 265 g/mol. The molecule has 2 heterocycles. The maximum absolute atomic E-state index is 11.8. The van der Waals surface area contributed by atoms with E-state index in [-0.39, 0.29) is 18.9 Å². The van der Waals surface area contributed by atoms with Gasteiger partial charge in [0.2, 0.25) is 5.91 Å². The molecule has 1 aliphatic rings. The minimum Gasteiger partial charge on any atom is -0.481 e. The maximum atomic E-state index is 11.8. The van der Waals surface area contributed by atoms with Gasteiger partial charge in [-0.15, -0.1) is 0 Å². The van der Waals surface area contributed by atoms with Crippen molar-refractivity contribution < 1.29 is 14.7 Å². The van der Waals surface area contributed by atoms with E-state index in [9.17, 15) is 9.59 Å². The van der Waals surface area contributed by atoms with Crippen molar-refractivity contribution in [2.45, 2.75) is 39.2 Å². The molecule has 0 bridgehead atoms. The molecule has 0 spiro atoms. The van der Waals surface area contributed by atoms with Crippen LogP contribution in [0.2, 0.25) is 0 Å². The van der Waals surface area contributed by atoms with Crippen LogP contribution < -0.4 is 4.90 Å². The highest BCUT2D eigenvalue weighted by Crippen LogP contribution is 2.24. The van der Waals surface area contributed by atoms with E-state index in [2.05, 4.69) is 12.0 Å². The minimum absolute atomic E-state index is 0.0797. The molecule has 0 saturated carbocycles. The van der Waals surface area contributed by atoms with Crippen LogP contribution >= 0.6 is 0 Å². The maximum Gasteiger partial charge on any atom is 0.308 e. The van der Waals surface area contributed by atoms with Gasteiger partial charge in [0.1, 0.15) is 0 Å². The number of aromatic nitrogens is 2. The molecule has 0 aliphatic carbocycles. The van der Waals surface area contributed by atoms with Gasteiger partial charge < -0.3 is 10.0 Å². The molecule has 0 aromatic carbocycles. The summed E-state index contributed by atoms with van der Waals surface area (Å²) in [4.78, 5) is 24.2. The molecule has 2 rings (SSSR count). The van der Waals surface area contributed by atoms with Crippen molar-refractivity contribution in [3.05, 3.63) is 12.4 Å². The molecular formula is C13H19N3O3. The molecule has 0 radical (unpaired) electrons. The normalized spacial score (nSPS) is 19.1. The summed E-state index contributed by atoms with van der Waals surface area (Å²) in [5.41, 5.74) is 0.699. The van der Waals surface area contributed by atoms with Crippen LogP contribution in [0.15, 0.2) is 12.4 Å². The summed E-state index contributed by atoms with van der Waals surface area (Å²) < 4.78 is 1.81. The predicted molar refractivity (Wildman–Crippen MR) is 69.8 cm³/mol. The van der Waals surface area contributed by atoms with Gasteiger partial charge in [-0.05, 0) is 6.42 Å². The fraction of sp³-hybridized carbons (Fsp3) is 0.615. The van der Waals surface area contributed by atoms with Crippen LogP contribution in [-0.2, 0) is 16.1 Å². The lowest BCUT2D eigenvalue weighted by Crippen LogP contribution is -2.25. The Morgan fingerprint density at radius 2 is 2.32 bits per heavy atom. The number of rotatable bonds is 6. The van der Waals surface area contributed by atoms with Gasteiger partial charge in [0.15, 0.2) is 0 Å². The van der Waals surface area contributed by atoms with Crippen LogP contribution in [0.4, 0.5) is 5.69 Å². The van der Waals surface area contributed by atoms with Gasteiger partial charge in [-0.3, -0.25) is 14.3 Å². The number of hydrogen-bond acceptors (Lipinski definition) is 3. The second-order valence-corrected chi connectivity index (χ2v) is 4.91. The Balaban J connectivity index is 1.98. The summed E-state index contributed by atoms with van der Waals surface area (Å²) in [5.74, 6) is -1.65. The highest BCUT2D eigenvalue weighted by molar-refractivity contribution is 5.98. The van der Waals surface area contributed by atoms with E-state index in [4.69, 9.17) is 5.11 Å². The number of amides is 1. The molecule has 1 N–H and O–H groups in total. The largest absolute Gasteiger partial charge is 0.481 e. The van der Waals surface area contributed by atoms with E-state index < -0.39 is 11.9 Å². The van der Waals surface area contributed by atoms with Crippen LogP contribution in [0.3, 0.4) is 0 Å². The Hall–Kier alpha value is -1.85. The molecule has 1 saturated heterocycles. The van der Waals surface area contributed by atoms with Crippen molar-refractivity contribution in [1.82, 2.24) is 9.78 Å². The van der Waals surface area contributed by atoms with Crippen LogP contribution in [0.1, 0.15) is 32.6 Å². The first kappa shape index (κ1) is 13.6. The monoisotopic (exact) mass is 265 g/mol. The lowest BCUT2D eigenvalue weighted by Gasteiger charge is -2.12. The molecule has 1 fully saturated rings. The first-order chi connectivity index (χ1) is 9.11. The second kappa shape index (κ2) is 5.86. The van der Waals surface area contributed by atoms with Crippen LogP contribution in [0.25, 0.3) is 0 Å². The molecule has 1 aliphatic heterocycles. The first-order valence-electron chi connectivity index (χ1n) is 6.67. The van der Waals surface area contributed by atoms with Gasteiger partial charge in [0.25, 0.3) is 0 Å². The zero-order valence-corrected chi connectivity index (χ0v) is 11.1. The lowest BCUT2D eigenvalue weighted by molar-refractivity contribution is -0.141. The van der Waals surface area contributed by atoms with E-state index >= 15 is 0 Å². The number of unbranched alkanes of at least 4 members (excludes halogenated alkanes) is 2. The zero-order chi connectivity index (χ0) is 13.8. The Bertz CT molecular complexity index is 469. The summed E-state index contributed by atoms with van der Waals surface area (Å²) >= 11 is 0. The molecule has 1 aromatic rings. The van der Waals surface area contributed by atoms with Crippen LogP contribution in [0.5, 0.6) is 0 Å². The molecule has 1 amide bonds. The molecule has 1 unspecified atom stereocenters. The number of carboxylic acids is 1. The number of hydrogen-bond donors (Lipinski definition) is 1. The number of nitrogens with zero attached hydrogens (tertiary/aromatic N) is 3. The van der Waals surface area contributed by atoms with Crippen molar-refractivity contribution in [2.75, 3.05) is 11.4 Å². The number of carbonyl (C=O) groups excluding carboxylic acids is 1. The van der Waals surface area contributed by atoms with E-state index in [1.165, 1.54) is 4.90 Å². The topological polar surface area (TPSA) is 75.4 Å². The van der Waals surface area contributed by atoms with E-state index in [1.54, 1.807) is 6.20 Å². The third-order valence-corrected chi connectivity index (χ3v) is 3.40. The van der Waals surface area contributed by atoms with Gasteiger partial charge in [0, 0.05) is 25.7 Å². The average Bonchev–Trinajstić information content (AvgIpc) is 2.96. The van der Waals surface area contributed by atoms with Crippen molar-refractivity contribution in [2.24, 2.45) is 5.92 Å². The van der Waals surface area contributed by atoms with Crippen molar-refractivity contribution in [3.8, 4) is 0 Å². The highest BCUT2D eigenvalue weighted by Gasteiger charge is 2.35. The van der Waals surface area contributed by atoms with Gasteiger partial charge in [-0.25, -0.2) is 0 Å². The summed E-state index contributed by atoms with van der Waals surface area (Å²) in [5, 5.41) is 13.2. The quantitative estimate of drug-likeness (QED) is 0.791. The van der Waals surface area contributed by atoms with Gasteiger partial charge in [-0.2, -0.15) is 5.10 Å². The summed E-state index contributed by atoms with van der Waals surface area (Å²) in [6.45, 7) is 3.22. The molecule has 6 nitrogen and oxygen atoms in total. The first-order valence-corrected chi connectivity index (χ1v) is 6.67. The predicted octanol–water partition coefficient (Wildman–Crippen LogP) is 1.51. The van der Waals surface area contributed by atoms with E-state index in [0.29, 0.717) is 5.69 Å². The van der Waals surface area contributed by atoms with Crippen LogP contribution in [-0.4, -0.2) is 33.3 Å². The molecule has 1 aromatic heterocycles. The number of aryl methyl sites for hydroxylation is 1. The van der Waals surface area contributed by atoms with Gasteiger partial charge in [0.05, 0.1) is 17.8 Å². The Kier molecular flexibility index (Phi) is 4.19. The summed E-state index contributed by atoms with van der Waals surface area (Å²) in [6, 6.07) is 0. The Labute approximate surface area is 112 Å². The number of carboxylic acid groups (broad SMARTS) is 1. The minimum atomic E-state index is -0.911. The molecule has 104 valence electrons. The standard InChI is InChI=1S/C13H19N3O3/c1-2-3-4-5-15-9-11(7-14-15)16-8-10(13(18)19)6-12(16)17/h7,9-10H,2-6,8H2,1H3,(H,18,19). The zero-order valence-electron chi connectivity index (χ0n) is 11.1. The number of anilines is 1. The Morgan fingerprint density at radius 3 is 2.95 bits per heavy atom. The van der Waals surface area contributed by atoms with Crippen molar-refractivity contribution in [1.29, 1.82) is 0 Å². The third kappa shape index (κ3) is 3.13. The third-order valence-electron chi connectivity index (χ3n) is 3.40. The van der Waals surface area contributed by atoms with Gasteiger partial charge in [-0.1, -0.05) is 19.8 Å². The molecule has 6 heteroatoms. The summed E-state index contributed by atoms with van der Waals surface area (Å²) in [6.07, 6.45) is 6.89. The SMILES string of the molecule is CCCCCn1cc(N2CC(C(=O)O)CC2=O)cn1. The highest BCUT2D eigenvalue weighted by atomic mass is 16.4. The second-order valence-electron chi connectivity index (χ2n) is 4.91. The smallest absolute Gasteiger partial charge is 0.308 e. The molecule has 19 heavy (non-hydrogen) atoms. The van der Waals surface area contributed by atoms with Gasteiger partial charge >= 0.3 is 5.97 Å². The van der Waals surface area contributed by atoms with Crippen LogP contribution in [0, 0.1) is 5.92 Å². The van der Waals surface area contributed by atoms with Crippen molar-refractivity contribution in [3.63, 3.8) is 0 Å². The van der Waals surface area contributed by atoms with E-state index in [1.807, 2.05) is 10.9 Å².